The number of imidazole rings is 1. The molecule has 9 heteroatoms. The van der Waals surface area contributed by atoms with Gasteiger partial charge in [-0.1, -0.05) is 12.1 Å². The second kappa shape index (κ2) is 8.83. The van der Waals surface area contributed by atoms with Crippen LogP contribution in [0, 0.1) is 11.8 Å². The van der Waals surface area contributed by atoms with Gasteiger partial charge < -0.3 is 9.47 Å². The van der Waals surface area contributed by atoms with Crippen molar-refractivity contribution in [2.24, 2.45) is 5.29 Å². The molecule has 142 valence electrons. The molecule has 3 rings (SSSR count). The number of fused-ring (bicyclic) bond motifs is 1. The number of rotatable bonds is 9. The van der Waals surface area contributed by atoms with Crippen LogP contribution in [-0.2, 0) is 21.3 Å². The normalized spacial score (nSPS) is 12.2. The monoisotopic (exact) mass is 388 g/mol. The lowest BCUT2D eigenvalue weighted by Gasteiger charge is -2.11. The smallest absolute Gasteiger partial charge is 0.223 e. The first kappa shape index (κ1) is 19.1. The predicted molar refractivity (Wildman–Crippen MR) is 102 cm³/mol. The van der Waals surface area contributed by atoms with E-state index in [1.165, 1.54) is 0 Å². The van der Waals surface area contributed by atoms with Gasteiger partial charge in [0.2, 0.25) is 5.16 Å². The summed E-state index contributed by atoms with van der Waals surface area (Å²) in [6, 6.07) is 8.80. The van der Waals surface area contributed by atoms with Crippen LogP contribution >= 0.6 is 0 Å². The Morgan fingerprint density at radius 3 is 2.81 bits per heavy atom. The third-order valence-electron chi connectivity index (χ3n) is 4.07. The van der Waals surface area contributed by atoms with E-state index in [0.29, 0.717) is 35.7 Å². The fourth-order valence-electron chi connectivity index (χ4n) is 2.65. The quantitative estimate of drug-likeness (QED) is 0.413. The molecule has 0 saturated heterocycles. The Bertz CT molecular complexity index is 973. The van der Waals surface area contributed by atoms with Gasteiger partial charge in [-0.3, -0.25) is 9.19 Å². The molecule has 3 aromatic rings. The summed E-state index contributed by atoms with van der Waals surface area (Å²) in [4.78, 5) is 19.9. The lowest BCUT2D eigenvalue weighted by atomic mass is 10.2. The number of benzene rings is 1. The third-order valence-corrected chi connectivity index (χ3v) is 5.28. The number of nitroso groups, excluding NO2 is 1. The number of para-hydroxylation sites is 2. The van der Waals surface area contributed by atoms with Gasteiger partial charge in [0.1, 0.15) is 5.75 Å². The van der Waals surface area contributed by atoms with E-state index in [4.69, 9.17) is 9.47 Å². The minimum Gasteiger partial charge on any atom is -0.493 e. The summed E-state index contributed by atoms with van der Waals surface area (Å²) in [5, 5.41) is 3.08. The van der Waals surface area contributed by atoms with Crippen molar-refractivity contribution in [3.8, 4) is 5.75 Å². The number of ether oxygens (including phenoxy) is 2. The molecule has 0 fully saturated rings. The lowest BCUT2D eigenvalue weighted by Crippen LogP contribution is -2.08. The highest BCUT2D eigenvalue weighted by atomic mass is 32.2. The van der Waals surface area contributed by atoms with E-state index in [9.17, 15) is 9.12 Å². The van der Waals surface area contributed by atoms with Crippen molar-refractivity contribution < 1.29 is 13.7 Å². The summed E-state index contributed by atoms with van der Waals surface area (Å²) >= 11 is 0. The Morgan fingerprint density at radius 2 is 2.04 bits per heavy atom. The van der Waals surface area contributed by atoms with Crippen LogP contribution in [0.3, 0.4) is 0 Å². The fourth-order valence-corrected chi connectivity index (χ4v) is 3.85. The van der Waals surface area contributed by atoms with Gasteiger partial charge in [0.25, 0.3) is 0 Å². The van der Waals surface area contributed by atoms with E-state index in [-0.39, 0.29) is 10.9 Å². The zero-order chi connectivity index (χ0) is 19.2. The summed E-state index contributed by atoms with van der Waals surface area (Å²) in [5.41, 5.74) is 2.53. The van der Waals surface area contributed by atoms with Crippen molar-refractivity contribution in [2.45, 2.75) is 24.3 Å². The van der Waals surface area contributed by atoms with Gasteiger partial charge in [0, 0.05) is 31.9 Å². The van der Waals surface area contributed by atoms with Crippen LogP contribution in [0.2, 0.25) is 0 Å². The van der Waals surface area contributed by atoms with Crippen LogP contribution < -0.4 is 4.74 Å². The van der Waals surface area contributed by atoms with Gasteiger partial charge in [-0.15, -0.1) is 4.91 Å². The number of hydrogen-bond acceptors (Lipinski definition) is 7. The molecule has 0 saturated carbocycles. The Morgan fingerprint density at radius 1 is 1.22 bits per heavy atom. The largest absolute Gasteiger partial charge is 0.493 e. The summed E-state index contributed by atoms with van der Waals surface area (Å²) in [6.07, 6.45) is 2.39. The maximum Gasteiger partial charge on any atom is 0.223 e. The van der Waals surface area contributed by atoms with E-state index in [1.54, 1.807) is 43.6 Å². The van der Waals surface area contributed by atoms with Gasteiger partial charge in [0.05, 0.1) is 45.2 Å². The number of pyridine rings is 1. The highest BCUT2D eigenvalue weighted by Gasteiger charge is 2.19. The highest BCUT2D eigenvalue weighted by molar-refractivity contribution is 7.84. The van der Waals surface area contributed by atoms with Gasteiger partial charge in [-0.05, 0) is 25.1 Å². The molecule has 0 amide bonds. The fraction of sp³-hybridized carbons (Fsp3) is 0.333. The van der Waals surface area contributed by atoms with Crippen molar-refractivity contribution >= 4 is 21.8 Å². The van der Waals surface area contributed by atoms with Crippen LogP contribution in [0.15, 0.2) is 47.0 Å². The Balaban J connectivity index is 1.81. The van der Waals surface area contributed by atoms with Crippen molar-refractivity contribution in [3.05, 3.63) is 52.7 Å². The summed E-state index contributed by atoms with van der Waals surface area (Å²) in [5.74, 6) is 0.801. The molecule has 0 aliphatic rings. The number of hydrogen-bond donors (Lipinski definition) is 0. The minimum atomic E-state index is -1.59. The van der Waals surface area contributed by atoms with Gasteiger partial charge >= 0.3 is 0 Å². The SMILES string of the molecule is COCCCOc1ccnc(CS(=O)c2nc3ccccc3n2N=O)c1C. The molecular formula is C18H20N4O4S. The molecule has 2 aromatic heterocycles. The molecule has 0 aliphatic carbocycles. The van der Waals surface area contributed by atoms with Crippen LogP contribution in [0.1, 0.15) is 17.7 Å². The second-order valence-corrected chi connectivity index (χ2v) is 7.19. The molecule has 27 heavy (non-hydrogen) atoms. The number of aromatic nitrogens is 3. The van der Waals surface area contributed by atoms with E-state index >= 15 is 0 Å². The van der Waals surface area contributed by atoms with E-state index < -0.39 is 10.8 Å². The Labute approximate surface area is 158 Å². The van der Waals surface area contributed by atoms with E-state index in [1.807, 2.05) is 6.92 Å². The van der Waals surface area contributed by atoms with Crippen LogP contribution in [-0.4, -0.2) is 39.2 Å². The molecule has 0 spiro atoms. The third kappa shape index (κ3) is 4.20. The molecule has 0 radical (unpaired) electrons. The minimum absolute atomic E-state index is 0.110. The van der Waals surface area contributed by atoms with Gasteiger partial charge in [-0.2, -0.15) is 4.68 Å². The van der Waals surface area contributed by atoms with Crippen molar-refractivity contribution in [1.82, 2.24) is 14.6 Å². The molecule has 1 unspecified atom stereocenters. The molecule has 0 aliphatic heterocycles. The summed E-state index contributed by atoms with van der Waals surface area (Å²) in [6.45, 7) is 3.01. The standard InChI is InChI=1S/C18H20N4O4S/c1-13-15(19-9-8-17(13)26-11-5-10-25-2)12-27(24)18-20-14-6-3-4-7-16(14)22(18)21-23/h3-4,6-9H,5,10-12H2,1-2H3. The molecule has 0 N–H and O–H groups in total. The molecule has 8 nitrogen and oxygen atoms in total. The lowest BCUT2D eigenvalue weighted by molar-refractivity contribution is 0.172. The van der Waals surface area contributed by atoms with Crippen LogP contribution in [0.4, 0.5) is 0 Å². The maximum atomic E-state index is 12.9. The number of nitrogens with zero attached hydrogens (tertiary/aromatic N) is 4. The number of methoxy groups -OCH3 is 1. The zero-order valence-corrected chi connectivity index (χ0v) is 15.9. The van der Waals surface area contributed by atoms with E-state index in [2.05, 4.69) is 15.3 Å². The molecule has 2 heterocycles. The summed E-state index contributed by atoms with van der Waals surface area (Å²) in [7, 11) is 0.0597. The second-order valence-electron chi connectivity index (χ2n) is 5.84. The summed E-state index contributed by atoms with van der Waals surface area (Å²) < 4.78 is 24.7. The van der Waals surface area contributed by atoms with Crippen LogP contribution in [0.25, 0.3) is 11.0 Å². The first-order valence-corrected chi connectivity index (χ1v) is 9.73. The first-order valence-electron chi connectivity index (χ1n) is 8.41. The molecule has 1 aromatic carbocycles. The van der Waals surface area contributed by atoms with E-state index in [0.717, 1.165) is 16.7 Å². The average molecular weight is 388 g/mol. The Hall–Kier alpha value is -2.65. The molecule has 1 atom stereocenters. The Kier molecular flexibility index (Phi) is 6.25. The average Bonchev–Trinajstić information content (AvgIpc) is 3.06. The van der Waals surface area contributed by atoms with Crippen molar-refractivity contribution in [1.29, 1.82) is 0 Å². The highest BCUT2D eigenvalue weighted by Crippen LogP contribution is 2.24. The predicted octanol–water partition coefficient (Wildman–Crippen LogP) is 2.99. The zero-order valence-electron chi connectivity index (χ0n) is 15.1. The van der Waals surface area contributed by atoms with Gasteiger partial charge in [-0.25, -0.2) is 4.98 Å². The van der Waals surface area contributed by atoms with Crippen LogP contribution in [0.5, 0.6) is 5.75 Å². The van der Waals surface area contributed by atoms with Gasteiger partial charge in [0.15, 0.2) is 0 Å². The molecule has 0 bridgehead atoms. The van der Waals surface area contributed by atoms with Crippen molar-refractivity contribution in [2.75, 3.05) is 20.3 Å². The van der Waals surface area contributed by atoms with Crippen molar-refractivity contribution in [3.63, 3.8) is 0 Å². The maximum absolute atomic E-state index is 12.9. The topological polar surface area (TPSA) is 95.7 Å². The molecular weight excluding hydrogens is 368 g/mol. The first-order chi connectivity index (χ1) is 13.2.